The van der Waals surface area contributed by atoms with E-state index >= 15 is 0 Å². The summed E-state index contributed by atoms with van der Waals surface area (Å²) >= 11 is 1.16. The number of carboxylic acid groups (broad SMARTS) is 1. The lowest BCUT2D eigenvalue weighted by Crippen LogP contribution is -2.25. The van der Waals surface area contributed by atoms with Crippen molar-refractivity contribution in [2.45, 2.75) is 26.8 Å². The van der Waals surface area contributed by atoms with Crippen molar-refractivity contribution in [1.82, 2.24) is 4.57 Å². The van der Waals surface area contributed by atoms with Crippen molar-refractivity contribution in [2.75, 3.05) is 0 Å². The Morgan fingerprint density at radius 1 is 1.19 bits per heavy atom. The fraction of sp³-hybridized carbons (Fsp3) is 0.211. The molecule has 1 amide bonds. The zero-order valence-corrected chi connectivity index (χ0v) is 15.3. The van der Waals surface area contributed by atoms with Crippen molar-refractivity contribution < 1.29 is 19.1 Å². The Balaban J connectivity index is 2.23. The number of aromatic nitrogens is 1. The van der Waals surface area contributed by atoms with Crippen LogP contribution in [0, 0.1) is 19.7 Å². The molecule has 3 aromatic rings. The van der Waals surface area contributed by atoms with Crippen LogP contribution in [0.1, 0.15) is 34.5 Å². The van der Waals surface area contributed by atoms with E-state index in [0.29, 0.717) is 21.3 Å². The van der Waals surface area contributed by atoms with Crippen LogP contribution in [0.2, 0.25) is 0 Å². The van der Waals surface area contributed by atoms with Gasteiger partial charge < -0.3 is 9.67 Å². The van der Waals surface area contributed by atoms with Gasteiger partial charge in [-0.2, -0.15) is 4.99 Å². The minimum absolute atomic E-state index is 0.227. The Hall–Kier alpha value is -2.80. The number of amides is 1. The van der Waals surface area contributed by atoms with E-state index < -0.39 is 23.7 Å². The van der Waals surface area contributed by atoms with Crippen LogP contribution in [0.4, 0.5) is 4.39 Å². The second-order valence-corrected chi connectivity index (χ2v) is 7.13. The zero-order chi connectivity index (χ0) is 19.0. The summed E-state index contributed by atoms with van der Waals surface area (Å²) in [7, 11) is 0. The Kier molecular flexibility index (Phi) is 4.73. The Bertz CT molecular complexity index is 1080. The SMILES string of the molecule is Cc1ccc(C(=O)N=c2sc3cc(C)c(F)cc3n2C(C)C(=O)O)cc1. The second-order valence-electron chi connectivity index (χ2n) is 6.12. The van der Waals surface area contributed by atoms with Gasteiger partial charge in [-0.15, -0.1) is 0 Å². The molecule has 0 bridgehead atoms. The van der Waals surface area contributed by atoms with Crippen LogP contribution < -0.4 is 4.80 Å². The molecule has 1 aromatic heterocycles. The molecular weight excluding hydrogens is 355 g/mol. The van der Waals surface area contributed by atoms with E-state index in [1.807, 2.05) is 6.92 Å². The van der Waals surface area contributed by atoms with Gasteiger partial charge in [0.05, 0.1) is 10.2 Å². The summed E-state index contributed by atoms with van der Waals surface area (Å²) in [5, 5.41) is 9.41. The number of carbonyl (C=O) groups excluding carboxylic acids is 1. The summed E-state index contributed by atoms with van der Waals surface area (Å²) < 4.78 is 16.1. The number of carboxylic acids is 1. The van der Waals surface area contributed by atoms with Crippen LogP contribution in [0.25, 0.3) is 10.2 Å². The predicted molar refractivity (Wildman–Crippen MR) is 97.9 cm³/mol. The number of hydrogen-bond acceptors (Lipinski definition) is 3. The number of aliphatic carboxylic acids is 1. The van der Waals surface area contributed by atoms with Gasteiger partial charge in [-0.1, -0.05) is 29.0 Å². The van der Waals surface area contributed by atoms with Crippen molar-refractivity contribution in [3.05, 3.63) is 63.7 Å². The van der Waals surface area contributed by atoms with Gasteiger partial charge in [0, 0.05) is 5.56 Å². The van der Waals surface area contributed by atoms with Crippen molar-refractivity contribution in [3.63, 3.8) is 0 Å². The number of hydrogen-bond donors (Lipinski definition) is 1. The van der Waals surface area contributed by atoms with Crippen LogP contribution in [0.3, 0.4) is 0 Å². The Morgan fingerprint density at radius 3 is 2.46 bits per heavy atom. The normalized spacial score (nSPS) is 13.2. The molecule has 0 spiro atoms. The molecule has 0 saturated heterocycles. The predicted octanol–water partition coefficient (Wildman–Crippen LogP) is 3.85. The Morgan fingerprint density at radius 2 is 1.85 bits per heavy atom. The number of thiazole rings is 1. The summed E-state index contributed by atoms with van der Waals surface area (Å²) in [6, 6.07) is 8.88. The summed E-state index contributed by atoms with van der Waals surface area (Å²) in [6.07, 6.45) is 0. The van der Waals surface area contributed by atoms with E-state index in [-0.39, 0.29) is 4.80 Å². The first-order valence-electron chi connectivity index (χ1n) is 7.97. The van der Waals surface area contributed by atoms with E-state index in [2.05, 4.69) is 4.99 Å². The van der Waals surface area contributed by atoms with Crippen molar-refractivity contribution >= 4 is 33.4 Å². The highest BCUT2D eigenvalue weighted by atomic mass is 32.1. The van der Waals surface area contributed by atoms with Crippen LogP contribution >= 0.6 is 11.3 Å². The van der Waals surface area contributed by atoms with Crippen molar-refractivity contribution in [3.8, 4) is 0 Å². The maximum atomic E-state index is 14.0. The van der Waals surface area contributed by atoms with Gasteiger partial charge in [-0.05, 0) is 50.6 Å². The maximum absolute atomic E-state index is 14.0. The molecule has 1 heterocycles. The molecule has 0 fully saturated rings. The van der Waals surface area contributed by atoms with Crippen molar-refractivity contribution in [1.29, 1.82) is 0 Å². The zero-order valence-electron chi connectivity index (χ0n) is 14.5. The average Bonchev–Trinajstić information content (AvgIpc) is 2.91. The van der Waals surface area contributed by atoms with Gasteiger partial charge in [0.1, 0.15) is 11.9 Å². The first-order valence-corrected chi connectivity index (χ1v) is 8.79. The first-order chi connectivity index (χ1) is 12.3. The minimum Gasteiger partial charge on any atom is -0.480 e. The Labute approximate surface area is 153 Å². The number of benzene rings is 2. The molecule has 0 aliphatic carbocycles. The highest BCUT2D eigenvalue weighted by molar-refractivity contribution is 7.16. The number of fused-ring (bicyclic) bond motifs is 1. The van der Waals surface area contributed by atoms with Gasteiger partial charge in [-0.25, -0.2) is 9.18 Å². The highest BCUT2D eigenvalue weighted by Gasteiger charge is 2.20. The second kappa shape index (κ2) is 6.84. The third kappa shape index (κ3) is 3.30. The molecular formula is C19H17FN2O3S. The molecule has 5 nitrogen and oxygen atoms in total. The molecule has 0 saturated carbocycles. The van der Waals surface area contributed by atoms with E-state index in [9.17, 15) is 19.1 Å². The van der Waals surface area contributed by atoms with Gasteiger partial charge in [0.25, 0.3) is 5.91 Å². The number of rotatable bonds is 3. The van der Waals surface area contributed by atoms with Gasteiger partial charge in [0.15, 0.2) is 4.80 Å². The standard InChI is InChI=1S/C19H17FN2O3S/c1-10-4-6-13(7-5-10)17(23)21-19-22(12(3)18(24)25)15-9-14(20)11(2)8-16(15)26-19/h4-9,12H,1-3H3,(H,24,25). The molecule has 2 aromatic carbocycles. The average molecular weight is 372 g/mol. The highest BCUT2D eigenvalue weighted by Crippen LogP contribution is 2.24. The van der Waals surface area contributed by atoms with Crippen LogP contribution in [-0.2, 0) is 4.79 Å². The number of halogens is 1. The van der Waals surface area contributed by atoms with Crippen LogP contribution in [-0.4, -0.2) is 21.6 Å². The molecule has 1 unspecified atom stereocenters. The maximum Gasteiger partial charge on any atom is 0.326 e. The lowest BCUT2D eigenvalue weighted by atomic mass is 10.1. The fourth-order valence-corrected chi connectivity index (χ4v) is 3.75. The molecule has 1 N–H and O–H groups in total. The number of nitrogens with zero attached hydrogens (tertiary/aromatic N) is 2. The molecule has 7 heteroatoms. The van der Waals surface area contributed by atoms with Crippen LogP contribution in [0.5, 0.6) is 0 Å². The summed E-state index contributed by atoms with van der Waals surface area (Å²) in [5.74, 6) is -1.99. The molecule has 1 atom stereocenters. The number of carbonyl (C=O) groups is 2. The first kappa shape index (κ1) is 18.0. The van der Waals surface area contributed by atoms with Gasteiger partial charge in [0.2, 0.25) is 0 Å². The monoisotopic (exact) mass is 372 g/mol. The smallest absolute Gasteiger partial charge is 0.326 e. The minimum atomic E-state index is -1.09. The van der Waals surface area contributed by atoms with E-state index in [1.165, 1.54) is 17.6 Å². The summed E-state index contributed by atoms with van der Waals surface area (Å²) in [6.45, 7) is 5.02. The largest absolute Gasteiger partial charge is 0.480 e. The number of aryl methyl sites for hydroxylation is 2. The molecule has 0 aliphatic rings. The van der Waals surface area contributed by atoms with E-state index in [0.717, 1.165) is 16.9 Å². The molecule has 0 aliphatic heterocycles. The molecule has 3 rings (SSSR count). The lowest BCUT2D eigenvalue weighted by molar-refractivity contribution is -0.140. The quantitative estimate of drug-likeness (QED) is 0.759. The molecule has 26 heavy (non-hydrogen) atoms. The fourth-order valence-electron chi connectivity index (χ4n) is 2.57. The third-order valence-corrected chi connectivity index (χ3v) is 5.16. The van der Waals surface area contributed by atoms with E-state index in [4.69, 9.17) is 0 Å². The van der Waals surface area contributed by atoms with E-state index in [1.54, 1.807) is 37.3 Å². The molecule has 134 valence electrons. The topological polar surface area (TPSA) is 71.7 Å². The summed E-state index contributed by atoms with van der Waals surface area (Å²) in [5.41, 5.74) is 2.28. The van der Waals surface area contributed by atoms with Crippen molar-refractivity contribution in [2.24, 2.45) is 4.99 Å². The van der Waals surface area contributed by atoms with Gasteiger partial charge >= 0.3 is 5.97 Å². The molecule has 0 radical (unpaired) electrons. The summed E-state index contributed by atoms with van der Waals surface area (Å²) in [4.78, 5) is 28.3. The third-order valence-electron chi connectivity index (χ3n) is 4.15. The van der Waals surface area contributed by atoms with Gasteiger partial charge in [-0.3, -0.25) is 4.79 Å². The lowest BCUT2D eigenvalue weighted by Gasteiger charge is -2.10. The van der Waals surface area contributed by atoms with Crippen LogP contribution in [0.15, 0.2) is 41.4 Å².